The number of unbranched alkanes of at least 4 members (excludes halogenated alkanes) is 30. The zero-order chi connectivity index (χ0) is 58.5. The third-order valence-electron chi connectivity index (χ3n) is 14.4. The van der Waals surface area contributed by atoms with Gasteiger partial charge in [-0.1, -0.05) is 290 Å². The molecular formula is C75H126O6. The Morgan fingerprint density at radius 3 is 0.765 bits per heavy atom. The molecular weight excluding hydrogens is 997 g/mol. The van der Waals surface area contributed by atoms with Gasteiger partial charge < -0.3 is 14.2 Å². The SMILES string of the molecule is CC/C=C\C/C=C\C/C=C\C/C=C\CCCCCCCCCCCCCCC(=O)OCC(COC(=O)CCCCC/C=C\C/C=C\C/C=C\CC)OC(=O)CCCCCCCCCCCC/C=C\C/C=C\C/C=C\CCCCCCC. The topological polar surface area (TPSA) is 78.9 Å². The van der Waals surface area contributed by atoms with Gasteiger partial charge in [-0.25, -0.2) is 0 Å². The molecule has 0 saturated heterocycles. The molecule has 0 aliphatic heterocycles. The maximum atomic E-state index is 12.9. The van der Waals surface area contributed by atoms with E-state index in [-0.39, 0.29) is 31.1 Å². The molecule has 0 aliphatic rings. The highest BCUT2D eigenvalue weighted by Crippen LogP contribution is 2.16. The summed E-state index contributed by atoms with van der Waals surface area (Å²) < 4.78 is 16.9. The summed E-state index contributed by atoms with van der Waals surface area (Å²) >= 11 is 0. The number of hydrogen-bond donors (Lipinski definition) is 0. The van der Waals surface area contributed by atoms with Crippen molar-refractivity contribution in [1.29, 1.82) is 0 Å². The van der Waals surface area contributed by atoms with Gasteiger partial charge in [0, 0.05) is 19.3 Å². The standard InChI is InChI=1S/C75H126O6/c1-4-7-10-13-16-19-22-25-27-29-31-33-35-37-39-41-43-45-47-50-53-56-59-62-65-68-74(77)80-71-72(70-79-73(76)67-64-61-58-55-52-49-24-21-18-15-12-9-6-3)81-75(78)69-66-63-60-57-54-51-48-46-44-42-40-38-36-34-32-30-28-26-23-20-17-14-11-8-5-2/h7,9-10,12,16,18-19,21,23,25-27,30-33,36,38,49,52,72H,4-6,8,11,13-15,17,20,22,24,28-29,34-35,37,39-48,50-51,53-71H2,1-3H3/b10-7-,12-9-,19-16-,21-18-,26-23-,27-25-,32-30-,33-31-,38-36-,52-49-. The van der Waals surface area contributed by atoms with Crippen molar-refractivity contribution >= 4 is 17.9 Å². The molecule has 0 spiro atoms. The molecule has 0 aromatic rings. The highest BCUT2D eigenvalue weighted by molar-refractivity contribution is 5.71. The van der Waals surface area contributed by atoms with Crippen molar-refractivity contribution in [2.24, 2.45) is 0 Å². The molecule has 0 heterocycles. The molecule has 0 aliphatic carbocycles. The molecule has 0 aromatic carbocycles. The van der Waals surface area contributed by atoms with E-state index < -0.39 is 6.10 Å². The van der Waals surface area contributed by atoms with E-state index in [1.807, 2.05) is 0 Å². The van der Waals surface area contributed by atoms with E-state index in [1.54, 1.807) is 0 Å². The second-order valence-electron chi connectivity index (χ2n) is 22.3. The van der Waals surface area contributed by atoms with Gasteiger partial charge in [0.2, 0.25) is 0 Å². The molecule has 81 heavy (non-hydrogen) atoms. The molecule has 1 unspecified atom stereocenters. The molecule has 6 heteroatoms. The van der Waals surface area contributed by atoms with Crippen LogP contribution in [0.25, 0.3) is 0 Å². The minimum Gasteiger partial charge on any atom is -0.462 e. The summed E-state index contributed by atoms with van der Waals surface area (Å²) in [6, 6.07) is 0. The monoisotopic (exact) mass is 1120 g/mol. The van der Waals surface area contributed by atoms with Gasteiger partial charge in [-0.3, -0.25) is 14.4 Å². The first kappa shape index (κ1) is 76.8. The summed E-state index contributed by atoms with van der Waals surface area (Å²) in [5.74, 6) is -0.920. The van der Waals surface area contributed by atoms with Crippen LogP contribution in [-0.4, -0.2) is 37.2 Å². The molecule has 1 atom stereocenters. The van der Waals surface area contributed by atoms with Crippen LogP contribution in [0.3, 0.4) is 0 Å². The first-order valence-electron chi connectivity index (χ1n) is 34.0. The lowest BCUT2D eigenvalue weighted by atomic mass is 10.0. The van der Waals surface area contributed by atoms with Crippen LogP contribution in [0.1, 0.15) is 316 Å². The van der Waals surface area contributed by atoms with E-state index in [0.717, 1.165) is 122 Å². The summed E-state index contributed by atoms with van der Waals surface area (Å²) in [5, 5.41) is 0. The molecule has 462 valence electrons. The number of carbonyl (C=O) groups excluding carboxylic acids is 3. The van der Waals surface area contributed by atoms with Crippen LogP contribution in [0.15, 0.2) is 122 Å². The van der Waals surface area contributed by atoms with Crippen LogP contribution in [0.4, 0.5) is 0 Å². The van der Waals surface area contributed by atoms with Gasteiger partial charge >= 0.3 is 17.9 Å². The quantitative estimate of drug-likeness (QED) is 0.0261. The molecule has 0 aromatic heterocycles. The zero-order valence-electron chi connectivity index (χ0n) is 53.0. The van der Waals surface area contributed by atoms with Crippen molar-refractivity contribution < 1.29 is 28.6 Å². The van der Waals surface area contributed by atoms with Crippen LogP contribution in [0.5, 0.6) is 0 Å². The van der Waals surface area contributed by atoms with E-state index >= 15 is 0 Å². The Hall–Kier alpha value is -4.19. The third kappa shape index (κ3) is 66.5. The Morgan fingerprint density at radius 2 is 0.481 bits per heavy atom. The van der Waals surface area contributed by atoms with Crippen molar-refractivity contribution in [3.05, 3.63) is 122 Å². The van der Waals surface area contributed by atoms with Gasteiger partial charge in [-0.05, 0) is 128 Å². The minimum atomic E-state index is -0.798. The van der Waals surface area contributed by atoms with E-state index in [9.17, 15) is 14.4 Å². The zero-order valence-corrected chi connectivity index (χ0v) is 53.0. The number of rotatable bonds is 61. The van der Waals surface area contributed by atoms with Crippen LogP contribution < -0.4 is 0 Å². The van der Waals surface area contributed by atoms with E-state index in [0.29, 0.717) is 19.3 Å². The van der Waals surface area contributed by atoms with Gasteiger partial charge in [0.05, 0.1) is 0 Å². The van der Waals surface area contributed by atoms with Crippen molar-refractivity contribution in [2.45, 2.75) is 322 Å². The lowest BCUT2D eigenvalue weighted by molar-refractivity contribution is -0.167. The fraction of sp³-hybridized carbons (Fsp3) is 0.693. The number of ether oxygens (including phenoxy) is 3. The van der Waals surface area contributed by atoms with E-state index in [4.69, 9.17) is 14.2 Å². The fourth-order valence-corrected chi connectivity index (χ4v) is 9.40. The van der Waals surface area contributed by atoms with Crippen molar-refractivity contribution in [3.8, 4) is 0 Å². The number of esters is 3. The van der Waals surface area contributed by atoms with Gasteiger partial charge in [-0.2, -0.15) is 0 Å². The summed E-state index contributed by atoms with van der Waals surface area (Å²) in [6.07, 6.45) is 95.0. The highest BCUT2D eigenvalue weighted by atomic mass is 16.6. The molecule has 6 nitrogen and oxygen atoms in total. The number of allylic oxidation sites excluding steroid dienone is 20. The number of carbonyl (C=O) groups is 3. The molecule has 0 rings (SSSR count). The second-order valence-corrected chi connectivity index (χ2v) is 22.3. The predicted octanol–water partition coefficient (Wildman–Crippen LogP) is 23.6. The van der Waals surface area contributed by atoms with Gasteiger partial charge in [0.1, 0.15) is 13.2 Å². The van der Waals surface area contributed by atoms with Crippen LogP contribution >= 0.6 is 0 Å². The fourth-order valence-electron chi connectivity index (χ4n) is 9.40. The average Bonchev–Trinajstić information content (AvgIpc) is 3.46. The highest BCUT2D eigenvalue weighted by Gasteiger charge is 2.19. The maximum Gasteiger partial charge on any atom is 0.306 e. The first-order valence-corrected chi connectivity index (χ1v) is 34.0. The van der Waals surface area contributed by atoms with Crippen molar-refractivity contribution in [1.82, 2.24) is 0 Å². The van der Waals surface area contributed by atoms with Crippen molar-refractivity contribution in [3.63, 3.8) is 0 Å². The predicted molar refractivity (Wildman–Crippen MR) is 353 cm³/mol. The smallest absolute Gasteiger partial charge is 0.306 e. The Kier molecular flexibility index (Phi) is 64.8. The average molecular weight is 1120 g/mol. The molecule has 0 amide bonds. The van der Waals surface area contributed by atoms with Crippen LogP contribution in [0, 0.1) is 0 Å². The number of hydrogen-bond acceptors (Lipinski definition) is 6. The lowest BCUT2D eigenvalue weighted by Gasteiger charge is -2.18. The Balaban J connectivity index is 4.33. The normalized spacial score (nSPS) is 12.9. The summed E-state index contributed by atoms with van der Waals surface area (Å²) in [4.78, 5) is 38.4. The molecule has 0 fully saturated rings. The molecule has 0 saturated carbocycles. The summed E-state index contributed by atoms with van der Waals surface area (Å²) in [5.41, 5.74) is 0. The molecule has 0 N–H and O–H groups in total. The van der Waals surface area contributed by atoms with E-state index in [1.165, 1.54) is 154 Å². The first-order chi connectivity index (χ1) is 40.0. The lowest BCUT2D eigenvalue weighted by Crippen LogP contribution is -2.30. The Labute approximate surface area is 501 Å². The van der Waals surface area contributed by atoms with Crippen molar-refractivity contribution in [2.75, 3.05) is 13.2 Å². The Bertz CT molecular complexity index is 1670. The Morgan fingerprint density at radius 1 is 0.259 bits per heavy atom. The van der Waals surface area contributed by atoms with Gasteiger partial charge in [0.25, 0.3) is 0 Å². The summed E-state index contributed by atoms with van der Waals surface area (Å²) in [6.45, 7) is 6.40. The second kappa shape index (κ2) is 68.3. The summed E-state index contributed by atoms with van der Waals surface area (Å²) in [7, 11) is 0. The van der Waals surface area contributed by atoms with Crippen LogP contribution in [0.2, 0.25) is 0 Å². The van der Waals surface area contributed by atoms with Crippen LogP contribution in [-0.2, 0) is 28.6 Å². The van der Waals surface area contributed by atoms with Gasteiger partial charge in [0.15, 0.2) is 6.10 Å². The maximum absolute atomic E-state index is 12.9. The van der Waals surface area contributed by atoms with Gasteiger partial charge in [-0.15, -0.1) is 0 Å². The molecule has 0 bridgehead atoms. The van der Waals surface area contributed by atoms with E-state index in [2.05, 4.69) is 142 Å². The largest absolute Gasteiger partial charge is 0.462 e. The third-order valence-corrected chi connectivity index (χ3v) is 14.4. The molecule has 0 radical (unpaired) electrons. The minimum absolute atomic E-state index is 0.0912.